The summed E-state index contributed by atoms with van der Waals surface area (Å²) in [6.07, 6.45) is 1.26. The fraction of sp³-hybridized carbons (Fsp3) is 0.130. The maximum atomic E-state index is 14.7. The first-order valence-electron chi connectivity index (χ1n) is 9.31. The van der Waals surface area contributed by atoms with E-state index in [0.717, 1.165) is 6.07 Å². The molecule has 8 heteroatoms. The molecule has 0 fully saturated rings. The van der Waals surface area contributed by atoms with Crippen LogP contribution in [0.15, 0.2) is 59.7 Å². The van der Waals surface area contributed by atoms with E-state index in [2.05, 4.69) is 9.98 Å². The number of carbonyl (C=O) groups excluding carboxylic acids is 1. The van der Waals surface area contributed by atoms with Crippen molar-refractivity contribution in [3.05, 3.63) is 94.3 Å². The number of amidine groups is 1. The minimum atomic E-state index is -1.54. The molecular weight excluding hydrogens is 402 g/mol. The number of halogens is 2. The second kappa shape index (κ2) is 7.61. The third kappa shape index (κ3) is 3.85. The predicted molar refractivity (Wildman–Crippen MR) is 108 cm³/mol. The standard InChI is InChI=1S/C23H16F2N4O2/c1-23(29-22(27)16-5-4-15(24)10-21(16)31-23)17-8-13(2-6-18(17)25)9-20(30)19-7-3-14(11-26)12-28-19/h2-8,10,12H,9H2,1H3,(H2,27,29). The quantitative estimate of drug-likeness (QED) is 0.652. The SMILES string of the molecule is CC1(c2cc(CC(=O)c3ccc(C#N)cn3)ccc2F)N=C(N)c2ccc(F)cc2O1. The summed E-state index contributed by atoms with van der Waals surface area (Å²) in [6.45, 7) is 1.51. The largest absolute Gasteiger partial charge is 0.461 e. The van der Waals surface area contributed by atoms with Crippen LogP contribution in [-0.2, 0) is 12.1 Å². The molecule has 2 aromatic carbocycles. The molecular formula is C23H16F2N4O2. The number of carbonyl (C=O) groups is 1. The Hall–Kier alpha value is -4.12. The molecule has 2 N–H and O–H groups in total. The Labute approximate surface area is 176 Å². The van der Waals surface area contributed by atoms with Gasteiger partial charge < -0.3 is 10.5 Å². The maximum Gasteiger partial charge on any atom is 0.228 e. The number of nitrogens with zero attached hydrogens (tertiary/aromatic N) is 3. The van der Waals surface area contributed by atoms with E-state index in [1.54, 1.807) is 0 Å². The van der Waals surface area contributed by atoms with Crippen molar-refractivity contribution >= 4 is 11.6 Å². The molecule has 0 saturated carbocycles. The van der Waals surface area contributed by atoms with Crippen LogP contribution in [0, 0.1) is 23.0 Å². The van der Waals surface area contributed by atoms with Crippen molar-refractivity contribution in [1.29, 1.82) is 5.26 Å². The topological polar surface area (TPSA) is 101 Å². The van der Waals surface area contributed by atoms with Crippen molar-refractivity contribution in [2.24, 2.45) is 10.7 Å². The zero-order valence-electron chi connectivity index (χ0n) is 16.4. The summed E-state index contributed by atoms with van der Waals surface area (Å²) >= 11 is 0. The molecule has 1 aliphatic heterocycles. The molecule has 0 radical (unpaired) electrons. The summed E-state index contributed by atoms with van der Waals surface area (Å²) in [5.74, 6) is -1.19. The second-order valence-electron chi connectivity index (χ2n) is 7.18. The Morgan fingerprint density at radius 2 is 2.00 bits per heavy atom. The number of rotatable bonds is 4. The summed E-state index contributed by atoms with van der Waals surface area (Å²) in [4.78, 5) is 20.8. The van der Waals surface area contributed by atoms with Crippen LogP contribution < -0.4 is 10.5 Å². The third-order valence-corrected chi connectivity index (χ3v) is 4.94. The van der Waals surface area contributed by atoms with Crippen molar-refractivity contribution in [1.82, 2.24) is 4.98 Å². The summed E-state index contributed by atoms with van der Waals surface area (Å²) < 4.78 is 34.2. The number of nitriles is 1. The molecule has 4 rings (SSSR count). The number of hydrogen-bond donors (Lipinski definition) is 1. The first-order chi connectivity index (χ1) is 14.8. The number of aromatic nitrogens is 1. The second-order valence-corrected chi connectivity index (χ2v) is 7.18. The molecule has 0 bridgehead atoms. The van der Waals surface area contributed by atoms with E-state index in [-0.39, 0.29) is 35.0 Å². The fourth-order valence-electron chi connectivity index (χ4n) is 3.37. The van der Waals surface area contributed by atoms with Gasteiger partial charge in [0, 0.05) is 25.6 Å². The van der Waals surface area contributed by atoms with Crippen LogP contribution in [0.3, 0.4) is 0 Å². The molecule has 0 amide bonds. The number of Topliss-reactive ketones (excluding diaryl/α,β-unsaturated/α-hetero) is 1. The molecule has 0 aliphatic carbocycles. The van der Waals surface area contributed by atoms with Gasteiger partial charge in [0.25, 0.3) is 0 Å². The first-order valence-corrected chi connectivity index (χ1v) is 9.31. The van der Waals surface area contributed by atoms with Gasteiger partial charge in [0.1, 0.15) is 35.0 Å². The fourth-order valence-corrected chi connectivity index (χ4v) is 3.37. The van der Waals surface area contributed by atoms with Crippen molar-refractivity contribution in [3.8, 4) is 11.8 Å². The highest BCUT2D eigenvalue weighted by atomic mass is 19.1. The van der Waals surface area contributed by atoms with Crippen molar-refractivity contribution in [2.45, 2.75) is 19.1 Å². The summed E-state index contributed by atoms with van der Waals surface area (Å²) in [6, 6.07) is 12.9. The van der Waals surface area contributed by atoms with Gasteiger partial charge in [0.15, 0.2) is 5.78 Å². The number of fused-ring (bicyclic) bond motifs is 1. The molecule has 1 unspecified atom stereocenters. The number of benzene rings is 2. The number of nitrogens with two attached hydrogens (primary N) is 1. The van der Waals surface area contributed by atoms with Gasteiger partial charge in [0.05, 0.1) is 16.7 Å². The zero-order chi connectivity index (χ0) is 22.2. The number of aliphatic imine (C=N–C) groups is 1. The Bertz CT molecular complexity index is 1270. The van der Waals surface area contributed by atoms with Crippen LogP contribution in [0.2, 0.25) is 0 Å². The first kappa shape index (κ1) is 20.2. The molecule has 154 valence electrons. The maximum absolute atomic E-state index is 14.7. The lowest BCUT2D eigenvalue weighted by molar-refractivity contribution is 0.0877. The minimum absolute atomic E-state index is 0.0489. The molecule has 0 saturated heterocycles. The molecule has 2 heterocycles. The molecule has 1 atom stereocenters. The smallest absolute Gasteiger partial charge is 0.228 e. The third-order valence-electron chi connectivity index (χ3n) is 4.94. The lowest BCUT2D eigenvalue weighted by atomic mass is 9.97. The number of ether oxygens (including phenoxy) is 1. The molecule has 0 spiro atoms. The van der Waals surface area contributed by atoms with Gasteiger partial charge in [-0.05, 0) is 42.0 Å². The lowest BCUT2D eigenvalue weighted by Crippen LogP contribution is -2.36. The Morgan fingerprint density at radius 3 is 2.71 bits per heavy atom. The number of pyridine rings is 1. The average molecular weight is 418 g/mol. The molecule has 1 aliphatic rings. The number of hydrogen-bond acceptors (Lipinski definition) is 6. The van der Waals surface area contributed by atoms with Gasteiger partial charge in [-0.1, -0.05) is 6.07 Å². The van der Waals surface area contributed by atoms with Crippen LogP contribution in [0.4, 0.5) is 8.78 Å². The van der Waals surface area contributed by atoms with Crippen LogP contribution >= 0.6 is 0 Å². The molecule has 31 heavy (non-hydrogen) atoms. The van der Waals surface area contributed by atoms with Gasteiger partial charge in [-0.3, -0.25) is 9.78 Å². The monoisotopic (exact) mass is 418 g/mol. The number of ketones is 1. The van der Waals surface area contributed by atoms with E-state index in [1.807, 2.05) is 6.07 Å². The molecule has 1 aromatic heterocycles. The van der Waals surface area contributed by atoms with Crippen LogP contribution in [0.1, 0.15) is 39.7 Å². The van der Waals surface area contributed by atoms with Gasteiger partial charge in [-0.15, -0.1) is 0 Å². The van der Waals surface area contributed by atoms with Crippen molar-refractivity contribution < 1.29 is 18.3 Å². The van der Waals surface area contributed by atoms with Crippen LogP contribution in [-0.4, -0.2) is 16.6 Å². The lowest BCUT2D eigenvalue weighted by Gasteiger charge is -2.32. The Morgan fingerprint density at radius 1 is 1.19 bits per heavy atom. The van der Waals surface area contributed by atoms with Crippen molar-refractivity contribution in [2.75, 3.05) is 0 Å². The van der Waals surface area contributed by atoms with Crippen molar-refractivity contribution in [3.63, 3.8) is 0 Å². The van der Waals surface area contributed by atoms with Crippen LogP contribution in [0.5, 0.6) is 5.75 Å². The normalized spacial score (nSPS) is 17.2. The Balaban J connectivity index is 1.66. The van der Waals surface area contributed by atoms with Gasteiger partial charge >= 0.3 is 0 Å². The van der Waals surface area contributed by atoms with Crippen LogP contribution in [0.25, 0.3) is 0 Å². The predicted octanol–water partition coefficient (Wildman–Crippen LogP) is 3.63. The van der Waals surface area contributed by atoms with E-state index < -0.39 is 17.4 Å². The van der Waals surface area contributed by atoms with E-state index in [0.29, 0.717) is 16.7 Å². The summed E-state index contributed by atoms with van der Waals surface area (Å²) in [5.41, 5.74) is 5.99. The van der Waals surface area contributed by atoms with E-state index in [1.165, 1.54) is 55.6 Å². The molecule has 3 aromatic rings. The van der Waals surface area contributed by atoms with E-state index in [4.69, 9.17) is 15.7 Å². The highest BCUT2D eigenvalue weighted by Crippen LogP contribution is 2.37. The molecule has 6 nitrogen and oxygen atoms in total. The summed E-state index contributed by atoms with van der Waals surface area (Å²) in [7, 11) is 0. The zero-order valence-corrected chi connectivity index (χ0v) is 16.4. The summed E-state index contributed by atoms with van der Waals surface area (Å²) in [5, 5.41) is 8.84. The minimum Gasteiger partial charge on any atom is -0.461 e. The van der Waals surface area contributed by atoms with E-state index in [9.17, 15) is 13.6 Å². The highest BCUT2D eigenvalue weighted by Gasteiger charge is 2.36. The Kier molecular flexibility index (Phi) is 4.95. The average Bonchev–Trinajstić information content (AvgIpc) is 2.74. The highest BCUT2D eigenvalue weighted by molar-refractivity contribution is 6.01. The van der Waals surface area contributed by atoms with Gasteiger partial charge in [-0.25, -0.2) is 13.8 Å². The van der Waals surface area contributed by atoms with Gasteiger partial charge in [0.2, 0.25) is 5.72 Å². The van der Waals surface area contributed by atoms with Gasteiger partial charge in [-0.2, -0.15) is 5.26 Å². The van der Waals surface area contributed by atoms with E-state index >= 15 is 0 Å².